The average molecular weight is 282 g/mol. The van der Waals surface area contributed by atoms with Gasteiger partial charge in [0.2, 0.25) is 0 Å². The van der Waals surface area contributed by atoms with Crippen molar-refractivity contribution in [3.05, 3.63) is 15.6 Å². The third kappa shape index (κ3) is 2.86. The Morgan fingerprint density at radius 2 is 1.95 bits per heavy atom. The summed E-state index contributed by atoms with van der Waals surface area (Å²) in [7, 11) is 2.04. The van der Waals surface area contributed by atoms with Gasteiger partial charge in [-0.15, -0.1) is 11.3 Å². The van der Waals surface area contributed by atoms with Crippen molar-refractivity contribution in [1.82, 2.24) is 10.3 Å². The molecule has 0 spiro atoms. The quantitative estimate of drug-likeness (QED) is 0.919. The zero-order chi connectivity index (χ0) is 14.4. The van der Waals surface area contributed by atoms with Gasteiger partial charge >= 0.3 is 0 Å². The van der Waals surface area contributed by atoms with Crippen molar-refractivity contribution in [2.24, 2.45) is 5.92 Å². The van der Waals surface area contributed by atoms with E-state index >= 15 is 0 Å². The molecule has 0 bridgehead atoms. The highest BCUT2D eigenvalue weighted by atomic mass is 32.1. The van der Waals surface area contributed by atoms with Gasteiger partial charge in [0.05, 0.1) is 21.9 Å². The van der Waals surface area contributed by atoms with E-state index in [2.05, 4.69) is 51.8 Å². The fourth-order valence-electron chi connectivity index (χ4n) is 3.47. The first kappa shape index (κ1) is 14.9. The van der Waals surface area contributed by atoms with Crippen molar-refractivity contribution in [2.75, 3.05) is 7.05 Å². The van der Waals surface area contributed by atoms with Gasteiger partial charge in [-0.05, 0) is 55.0 Å². The monoisotopic (exact) mass is 282 g/mol. The van der Waals surface area contributed by atoms with E-state index in [4.69, 9.17) is 4.74 Å². The molecule has 2 rings (SSSR count). The Labute approximate surface area is 120 Å². The molecule has 0 amide bonds. The number of thiazole rings is 1. The van der Waals surface area contributed by atoms with E-state index in [1.807, 2.05) is 7.05 Å². The third-order valence-electron chi connectivity index (χ3n) is 4.08. The predicted molar refractivity (Wildman–Crippen MR) is 80.7 cm³/mol. The molecule has 1 saturated heterocycles. The maximum atomic E-state index is 6.24. The number of nitrogens with zero attached hydrogens (tertiary/aromatic N) is 1. The van der Waals surface area contributed by atoms with E-state index in [0.717, 1.165) is 17.1 Å². The van der Waals surface area contributed by atoms with Crippen molar-refractivity contribution in [2.45, 2.75) is 65.2 Å². The molecule has 0 radical (unpaired) electrons. The van der Waals surface area contributed by atoms with Gasteiger partial charge in [0.25, 0.3) is 0 Å². The molecule has 1 aromatic heterocycles. The molecular weight excluding hydrogens is 256 g/mol. The predicted octanol–water partition coefficient (Wildman–Crippen LogP) is 3.61. The lowest BCUT2D eigenvalue weighted by atomic mass is 9.81. The smallest absolute Gasteiger partial charge is 0.0900 e. The van der Waals surface area contributed by atoms with Crippen LogP contribution in [0.3, 0.4) is 0 Å². The molecule has 1 fully saturated rings. The van der Waals surface area contributed by atoms with E-state index < -0.39 is 0 Å². The maximum Gasteiger partial charge on any atom is 0.0900 e. The molecule has 2 heterocycles. The average Bonchev–Trinajstić information content (AvgIpc) is 2.66. The normalized spacial score (nSPS) is 26.6. The van der Waals surface area contributed by atoms with Gasteiger partial charge < -0.3 is 10.1 Å². The number of aromatic nitrogens is 1. The van der Waals surface area contributed by atoms with Gasteiger partial charge in [0.1, 0.15) is 0 Å². The summed E-state index contributed by atoms with van der Waals surface area (Å²) in [6.07, 6.45) is 1.07. The van der Waals surface area contributed by atoms with Crippen molar-refractivity contribution in [1.29, 1.82) is 0 Å². The molecule has 1 N–H and O–H groups in total. The zero-order valence-corrected chi connectivity index (χ0v) is 13.9. The summed E-state index contributed by atoms with van der Waals surface area (Å²) in [4.78, 5) is 5.93. The van der Waals surface area contributed by atoms with E-state index in [9.17, 15) is 0 Å². The second-order valence-electron chi connectivity index (χ2n) is 6.72. The minimum Gasteiger partial charge on any atom is -0.369 e. The van der Waals surface area contributed by atoms with Crippen LogP contribution in [-0.4, -0.2) is 23.2 Å². The Kier molecular flexibility index (Phi) is 3.80. The summed E-state index contributed by atoms with van der Waals surface area (Å²) in [6.45, 7) is 13.0. The van der Waals surface area contributed by atoms with Gasteiger partial charge in [-0.3, -0.25) is 0 Å². The fourth-order valence-corrected chi connectivity index (χ4v) is 4.58. The summed E-state index contributed by atoms with van der Waals surface area (Å²) in [5.41, 5.74) is 1.00. The first-order valence-corrected chi connectivity index (χ1v) is 7.79. The molecule has 4 heteroatoms. The Morgan fingerprint density at radius 3 is 2.32 bits per heavy atom. The van der Waals surface area contributed by atoms with Gasteiger partial charge in [-0.1, -0.05) is 0 Å². The number of hydrogen-bond donors (Lipinski definition) is 1. The van der Waals surface area contributed by atoms with Crippen LogP contribution >= 0.6 is 11.3 Å². The maximum absolute atomic E-state index is 6.24. The van der Waals surface area contributed by atoms with Crippen molar-refractivity contribution < 1.29 is 4.74 Å². The van der Waals surface area contributed by atoms with Crippen LogP contribution in [0.1, 0.15) is 55.7 Å². The van der Waals surface area contributed by atoms with E-state index in [-0.39, 0.29) is 11.2 Å². The van der Waals surface area contributed by atoms with Crippen molar-refractivity contribution >= 4 is 11.3 Å². The first-order valence-electron chi connectivity index (χ1n) is 6.97. The summed E-state index contributed by atoms with van der Waals surface area (Å²) in [6, 6.07) is 0.322. The lowest BCUT2D eigenvalue weighted by Crippen LogP contribution is -2.37. The standard InChI is InChI=1S/C15H26N2OS/c1-9-13(19-10(2)17-9)12(16-7)11-8-14(3,4)18-15(11,5)6/h11-12,16H,8H2,1-7H3. The number of nitrogens with one attached hydrogen (secondary N) is 1. The molecule has 1 aromatic rings. The van der Waals surface area contributed by atoms with Crippen LogP contribution in [0, 0.1) is 19.8 Å². The molecule has 0 aliphatic carbocycles. The number of rotatable bonds is 3. The summed E-state index contributed by atoms with van der Waals surface area (Å²) < 4.78 is 6.24. The van der Waals surface area contributed by atoms with E-state index in [1.54, 1.807) is 11.3 Å². The molecular formula is C15H26N2OS. The molecule has 19 heavy (non-hydrogen) atoms. The molecule has 1 aliphatic rings. The summed E-state index contributed by atoms with van der Waals surface area (Å²) >= 11 is 1.81. The zero-order valence-electron chi connectivity index (χ0n) is 13.1. The number of ether oxygens (including phenoxy) is 1. The van der Waals surface area contributed by atoms with Crippen LogP contribution in [0.25, 0.3) is 0 Å². The van der Waals surface area contributed by atoms with Crippen LogP contribution in [0.2, 0.25) is 0 Å². The topological polar surface area (TPSA) is 34.2 Å². The summed E-state index contributed by atoms with van der Waals surface area (Å²) in [5.74, 6) is 0.464. The Bertz CT molecular complexity index is 465. The van der Waals surface area contributed by atoms with Crippen molar-refractivity contribution in [3.63, 3.8) is 0 Å². The van der Waals surface area contributed by atoms with Crippen molar-refractivity contribution in [3.8, 4) is 0 Å². The lowest BCUT2D eigenvalue weighted by Gasteiger charge is -2.32. The molecule has 1 aliphatic heterocycles. The van der Waals surface area contributed by atoms with Gasteiger partial charge in [-0.2, -0.15) is 0 Å². The highest BCUT2D eigenvalue weighted by Gasteiger charge is 2.49. The van der Waals surface area contributed by atoms with E-state index in [1.165, 1.54) is 4.88 Å². The highest BCUT2D eigenvalue weighted by Crippen LogP contribution is 2.48. The second kappa shape index (κ2) is 4.83. The van der Waals surface area contributed by atoms with Crippen LogP contribution in [-0.2, 0) is 4.74 Å². The van der Waals surface area contributed by atoms with Crippen LogP contribution in [0.4, 0.5) is 0 Å². The number of hydrogen-bond acceptors (Lipinski definition) is 4. The fraction of sp³-hybridized carbons (Fsp3) is 0.800. The third-order valence-corrected chi connectivity index (χ3v) is 5.23. The molecule has 2 unspecified atom stereocenters. The number of aryl methyl sites for hydroxylation is 2. The molecule has 2 atom stereocenters. The molecule has 108 valence electrons. The van der Waals surface area contributed by atoms with Gasteiger partial charge in [0.15, 0.2) is 0 Å². The second-order valence-corrected chi connectivity index (χ2v) is 7.96. The Balaban J connectivity index is 2.35. The van der Waals surface area contributed by atoms with Gasteiger partial charge in [0, 0.05) is 16.8 Å². The van der Waals surface area contributed by atoms with E-state index in [0.29, 0.717) is 12.0 Å². The van der Waals surface area contributed by atoms with Crippen LogP contribution in [0.15, 0.2) is 0 Å². The van der Waals surface area contributed by atoms with Crippen LogP contribution < -0.4 is 5.32 Å². The van der Waals surface area contributed by atoms with Gasteiger partial charge in [-0.25, -0.2) is 4.98 Å². The highest BCUT2D eigenvalue weighted by molar-refractivity contribution is 7.11. The van der Waals surface area contributed by atoms with Crippen LogP contribution in [0.5, 0.6) is 0 Å². The largest absolute Gasteiger partial charge is 0.369 e. The minimum atomic E-state index is -0.110. The summed E-state index contributed by atoms with van der Waals surface area (Å²) in [5, 5.41) is 4.64. The Hall–Kier alpha value is -0.450. The minimum absolute atomic E-state index is 0.0447. The molecule has 0 aromatic carbocycles. The molecule has 0 saturated carbocycles. The SMILES string of the molecule is CNC(c1sc(C)nc1C)C1CC(C)(C)OC1(C)C. The lowest BCUT2D eigenvalue weighted by molar-refractivity contribution is -0.0775. The Morgan fingerprint density at radius 1 is 1.32 bits per heavy atom. The first-order chi connectivity index (χ1) is 8.66. The molecule has 3 nitrogen and oxygen atoms in total.